The molecule has 5 aromatic rings. The van der Waals surface area contributed by atoms with Gasteiger partial charge in [0.1, 0.15) is 0 Å². The number of hydrogen-bond acceptors (Lipinski definition) is 0. The lowest BCUT2D eigenvalue weighted by Gasteiger charge is -2.17. The average Bonchev–Trinajstić information content (AvgIpc) is 3.39. The smallest absolute Gasteiger partial charge is 0.0561 e. The second kappa shape index (κ2) is 15.1. The maximum absolute atomic E-state index is 6.53. The van der Waals surface area contributed by atoms with E-state index in [-0.39, 0.29) is 5.38 Å². The van der Waals surface area contributed by atoms with E-state index < -0.39 is 0 Å². The standard InChI is InChI=1S/C32H28ClN.C7H8.C4H8/c1-21-8-6-7-11-27(21)28-15-12-23(18-22(28)2)24-13-16-29-30-20-25(33)14-17-31(30)34(32(29)19-24)26-9-4-3-5-10-26;1-7-5-3-2-4-6-7;1-3-4-2/h3-6,8-10,12-19,25H,7,11,20H2,1-2H3;2-6H,1H3;3-4H,1-2H3/b;;4-3-. The van der Waals surface area contributed by atoms with E-state index in [0.717, 1.165) is 19.3 Å². The molecule has 0 saturated heterocycles. The molecule has 1 nitrogen and oxygen atoms in total. The first-order valence-electron chi connectivity index (χ1n) is 16.0. The highest BCUT2D eigenvalue weighted by Crippen LogP contribution is 2.38. The summed E-state index contributed by atoms with van der Waals surface area (Å²) in [5, 5.41) is 1.34. The van der Waals surface area contributed by atoms with E-state index in [0.29, 0.717) is 0 Å². The fourth-order valence-electron chi connectivity index (χ4n) is 6.11. The average molecular weight is 610 g/mol. The van der Waals surface area contributed by atoms with Gasteiger partial charge in [0, 0.05) is 16.8 Å². The van der Waals surface area contributed by atoms with Crippen LogP contribution in [0.2, 0.25) is 0 Å². The molecule has 228 valence electrons. The molecule has 2 aliphatic rings. The molecular weight excluding hydrogens is 566 g/mol. The van der Waals surface area contributed by atoms with E-state index >= 15 is 0 Å². The monoisotopic (exact) mass is 609 g/mol. The third-order valence-electron chi connectivity index (χ3n) is 8.55. The van der Waals surface area contributed by atoms with Crippen LogP contribution in [0.15, 0.2) is 133 Å². The van der Waals surface area contributed by atoms with Gasteiger partial charge in [-0.25, -0.2) is 0 Å². The van der Waals surface area contributed by atoms with Crippen LogP contribution >= 0.6 is 11.6 Å². The Labute approximate surface area is 274 Å². The van der Waals surface area contributed by atoms with Gasteiger partial charge in [0.2, 0.25) is 0 Å². The number of para-hydroxylation sites is 1. The Hall–Kier alpha value is -4.33. The van der Waals surface area contributed by atoms with Crippen LogP contribution in [0, 0.1) is 13.8 Å². The van der Waals surface area contributed by atoms with Crippen molar-refractivity contribution < 1.29 is 0 Å². The molecule has 0 amide bonds. The summed E-state index contributed by atoms with van der Waals surface area (Å²) in [6.07, 6.45) is 16.0. The van der Waals surface area contributed by atoms with Gasteiger partial charge in [-0.2, -0.15) is 0 Å². The Kier molecular flexibility index (Phi) is 10.8. The molecule has 1 heterocycles. The number of nitrogens with zero attached hydrogens (tertiary/aromatic N) is 1. The zero-order valence-corrected chi connectivity index (χ0v) is 28.0. The maximum atomic E-state index is 6.53. The van der Waals surface area contributed by atoms with Crippen LogP contribution < -0.4 is 0 Å². The number of rotatable bonds is 3. The molecule has 0 bridgehead atoms. The van der Waals surface area contributed by atoms with Gasteiger partial charge < -0.3 is 4.57 Å². The van der Waals surface area contributed by atoms with Gasteiger partial charge in [-0.1, -0.05) is 115 Å². The third kappa shape index (κ3) is 7.49. The van der Waals surface area contributed by atoms with E-state index in [4.69, 9.17) is 11.6 Å². The molecule has 2 aliphatic carbocycles. The minimum absolute atomic E-state index is 0.0459. The Bertz CT molecular complexity index is 1860. The summed E-state index contributed by atoms with van der Waals surface area (Å²) in [7, 11) is 0. The Morgan fingerprint density at radius 3 is 2.04 bits per heavy atom. The van der Waals surface area contributed by atoms with Crippen LogP contribution in [0.4, 0.5) is 0 Å². The van der Waals surface area contributed by atoms with Crippen LogP contribution in [0.5, 0.6) is 0 Å². The predicted octanol–water partition coefficient (Wildman–Crippen LogP) is 12.5. The summed E-state index contributed by atoms with van der Waals surface area (Å²) in [5.41, 5.74) is 14.4. The van der Waals surface area contributed by atoms with Crippen LogP contribution in [0.25, 0.3) is 39.4 Å². The molecule has 2 heteroatoms. The topological polar surface area (TPSA) is 4.93 Å². The van der Waals surface area contributed by atoms with Crippen LogP contribution in [0.1, 0.15) is 61.6 Å². The number of fused-ring (bicyclic) bond motifs is 3. The van der Waals surface area contributed by atoms with E-state index in [2.05, 4.69) is 129 Å². The van der Waals surface area contributed by atoms with Gasteiger partial charge in [-0.15, -0.1) is 11.6 Å². The highest BCUT2D eigenvalue weighted by molar-refractivity contribution is 6.22. The van der Waals surface area contributed by atoms with Gasteiger partial charge in [0.25, 0.3) is 0 Å². The zero-order chi connectivity index (χ0) is 31.8. The first kappa shape index (κ1) is 32.1. The normalized spacial score (nSPS) is 15.4. The van der Waals surface area contributed by atoms with Crippen molar-refractivity contribution in [2.75, 3.05) is 0 Å². The third-order valence-corrected chi connectivity index (χ3v) is 8.85. The molecular formula is C43H44ClN. The summed E-state index contributed by atoms with van der Waals surface area (Å²) in [6, 6.07) is 34.7. The maximum Gasteiger partial charge on any atom is 0.0561 e. The van der Waals surface area contributed by atoms with E-state index in [1.165, 1.54) is 66.8 Å². The van der Waals surface area contributed by atoms with Crippen molar-refractivity contribution in [3.8, 4) is 16.8 Å². The summed E-state index contributed by atoms with van der Waals surface area (Å²) >= 11 is 6.53. The van der Waals surface area contributed by atoms with Crippen molar-refractivity contribution in [1.82, 2.24) is 4.57 Å². The Morgan fingerprint density at radius 2 is 1.42 bits per heavy atom. The fraction of sp³-hybridized carbons (Fsp3) is 0.209. The summed E-state index contributed by atoms with van der Waals surface area (Å²) < 4.78 is 2.39. The molecule has 0 fully saturated rings. The van der Waals surface area contributed by atoms with Crippen molar-refractivity contribution in [3.05, 3.63) is 161 Å². The van der Waals surface area contributed by atoms with Gasteiger partial charge in [0.15, 0.2) is 0 Å². The number of allylic oxidation sites excluding steroid dienone is 7. The largest absolute Gasteiger partial charge is 0.310 e. The van der Waals surface area contributed by atoms with Crippen molar-refractivity contribution in [3.63, 3.8) is 0 Å². The molecule has 7 rings (SSSR count). The molecule has 0 N–H and O–H groups in total. The summed E-state index contributed by atoms with van der Waals surface area (Å²) in [6.45, 7) is 10.6. The Morgan fingerprint density at radius 1 is 0.756 bits per heavy atom. The van der Waals surface area contributed by atoms with Gasteiger partial charge in [-0.3, -0.25) is 0 Å². The number of halogens is 1. The lowest BCUT2D eigenvalue weighted by molar-refractivity contribution is 0.974. The quantitative estimate of drug-likeness (QED) is 0.142. The van der Waals surface area contributed by atoms with Crippen molar-refractivity contribution >= 4 is 34.2 Å². The molecule has 0 spiro atoms. The number of alkyl halides is 1. The van der Waals surface area contributed by atoms with Crippen molar-refractivity contribution in [1.29, 1.82) is 0 Å². The minimum atomic E-state index is 0.0459. The van der Waals surface area contributed by atoms with Gasteiger partial charge >= 0.3 is 0 Å². The zero-order valence-electron chi connectivity index (χ0n) is 27.2. The first-order chi connectivity index (χ1) is 21.9. The summed E-state index contributed by atoms with van der Waals surface area (Å²) in [4.78, 5) is 0. The summed E-state index contributed by atoms with van der Waals surface area (Å²) in [5.74, 6) is 0. The number of aromatic nitrogens is 1. The number of benzene rings is 4. The van der Waals surface area contributed by atoms with Crippen LogP contribution in [0.3, 0.4) is 0 Å². The second-order valence-electron chi connectivity index (χ2n) is 11.8. The SMILES string of the molecule is C/C=C\C.CC1=C(c2ccc(-c3ccc4c5c(n(-c6ccccc6)c4c3)C=CC(Cl)C5)cc2C)CCC=C1.Cc1ccccc1. The first-order valence-corrected chi connectivity index (χ1v) is 16.5. The molecule has 0 radical (unpaired) electrons. The minimum Gasteiger partial charge on any atom is -0.310 e. The van der Waals surface area contributed by atoms with Crippen molar-refractivity contribution in [2.45, 2.75) is 59.3 Å². The lowest BCUT2D eigenvalue weighted by atomic mass is 9.88. The van der Waals surface area contributed by atoms with Crippen LogP contribution in [-0.2, 0) is 6.42 Å². The molecule has 0 aliphatic heterocycles. The number of aryl methyl sites for hydroxylation is 2. The second-order valence-corrected chi connectivity index (χ2v) is 12.4. The van der Waals surface area contributed by atoms with E-state index in [1.54, 1.807) is 0 Å². The predicted molar refractivity (Wildman–Crippen MR) is 198 cm³/mol. The van der Waals surface area contributed by atoms with E-state index in [1.807, 2.05) is 44.2 Å². The molecule has 1 atom stereocenters. The fourth-order valence-corrected chi connectivity index (χ4v) is 6.33. The highest BCUT2D eigenvalue weighted by atomic mass is 35.5. The highest BCUT2D eigenvalue weighted by Gasteiger charge is 2.22. The van der Waals surface area contributed by atoms with Crippen molar-refractivity contribution in [2.24, 2.45) is 0 Å². The van der Waals surface area contributed by atoms with E-state index in [9.17, 15) is 0 Å². The lowest BCUT2D eigenvalue weighted by Crippen LogP contribution is -2.07. The molecule has 4 aromatic carbocycles. The molecule has 0 saturated carbocycles. The van der Waals surface area contributed by atoms with Gasteiger partial charge in [-0.05, 0) is 117 Å². The Balaban J connectivity index is 0.000000311. The van der Waals surface area contributed by atoms with Gasteiger partial charge in [0.05, 0.1) is 10.9 Å². The number of hydrogen-bond donors (Lipinski definition) is 0. The molecule has 1 unspecified atom stereocenters. The molecule has 1 aromatic heterocycles. The molecule has 45 heavy (non-hydrogen) atoms. The van der Waals surface area contributed by atoms with Crippen LogP contribution in [-0.4, -0.2) is 9.94 Å².